The largest absolute Gasteiger partial charge is 0.377 e. The highest BCUT2D eigenvalue weighted by Gasteiger charge is 2.23. The summed E-state index contributed by atoms with van der Waals surface area (Å²) >= 11 is 0. The Balaban J connectivity index is 2.55. The molecule has 15 heavy (non-hydrogen) atoms. The van der Waals surface area contributed by atoms with Crippen LogP contribution in [0.5, 0.6) is 0 Å². The Morgan fingerprint density at radius 2 is 2.27 bits per heavy atom. The lowest BCUT2D eigenvalue weighted by Gasteiger charge is -2.24. The van der Waals surface area contributed by atoms with Crippen LogP contribution in [0, 0.1) is 17.0 Å². The van der Waals surface area contributed by atoms with Gasteiger partial charge in [-0.05, 0) is 37.8 Å². The van der Waals surface area contributed by atoms with Crippen molar-refractivity contribution in [1.82, 2.24) is 0 Å². The van der Waals surface area contributed by atoms with Crippen LogP contribution in [0.25, 0.3) is 0 Å². The number of fused-ring (bicyclic) bond motifs is 1. The van der Waals surface area contributed by atoms with Crippen LogP contribution < -0.4 is 5.32 Å². The number of nitrogens with one attached hydrogen (secondary N) is 1. The molecular formula is C11H14N2O2. The summed E-state index contributed by atoms with van der Waals surface area (Å²) in [6.45, 7) is 3.94. The number of aryl methyl sites for hydroxylation is 2. The molecule has 0 aliphatic carbocycles. The first kappa shape index (κ1) is 9.96. The fourth-order valence-corrected chi connectivity index (χ4v) is 2.04. The molecule has 1 aliphatic rings. The first-order valence-corrected chi connectivity index (χ1v) is 5.12. The Morgan fingerprint density at radius 3 is 2.93 bits per heavy atom. The maximum absolute atomic E-state index is 10.9. The van der Waals surface area contributed by atoms with E-state index >= 15 is 0 Å². The molecule has 0 radical (unpaired) electrons. The minimum Gasteiger partial charge on any atom is -0.377 e. The second-order valence-electron chi connectivity index (χ2n) is 4.16. The Hall–Kier alpha value is -1.58. The zero-order valence-electron chi connectivity index (χ0n) is 8.91. The lowest BCUT2D eigenvalue weighted by Crippen LogP contribution is -2.22. The molecule has 80 valence electrons. The fourth-order valence-electron chi connectivity index (χ4n) is 2.04. The van der Waals surface area contributed by atoms with Gasteiger partial charge in [-0.25, -0.2) is 0 Å². The minimum absolute atomic E-state index is 0.205. The van der Waals surface area contributed by atoms with Crippen molar-refractivity contribution in [2.75, 3.05) is 5.32 Å². The summed E-state index contributed by atoms with van der Waals surface area (Å²) in [5.74, 6) is 0. The van der Waals surface area contributed by atoms with Crippen LogP contribution in [0.15, 0.2) is 12.1 Å². The standard InChI is InChI=1S/C11H14N2O2/c1-7-5-9-4-3-8(2)12-11(9)10(6-7)13(14)15/h5-6,8,12H,3-4H2,1-2H3. The van der Waals surface area contributed by atoms with Gasteiger partial charge in [-0.2, -0.15) is 0 Å². The number of anilines is 1. The third kappa shape index (κ3) is 1.79. The molecule has 2 rings (SSSR count). The van der Waals surface area contributed by atoms with Gasteiger partial charge < -0.3 is 5.32 Å². The van der Waals surface area contributed by atoms with E-state index in [1.165, 1.54) is 0 Å². The molecule has 1 aromatic rings. The van der Waals surface area contributed by atoms with Gasteiger partial charge in [0, 0.05) is 12.1 Å². The maximum Gasteiger partial charge on any atom is 0.292 e. The van der Waals surface area contributed by atoms with Crippen LogP contribution in [0.1, 0.15) is 24.5 Å². The van der Waals surface area contributed by atoms with E-state index in [1.807, 2.05) is 19.9 Å². The van der Waals surface area contributed by atoms with E-state index in [9.17, 15) is 10.1 Å². The second-order valence-corrected chi connectivity index (χ2v) is 4.16. The molecule has 0 aromatic heterocycles. The number of nitro groups is 1. The molecule has 4 nitrogen and oxygen atoms in total. The van der Waals surface area contributed by atoms with Crippen molar-refractivity contribution in [3.63, 3.8) is 0 Å². The number of hydrogen-bond acceptors (Lipinski definition) is 3. The SMILES string of the molecule is Cc1cc2c(c([N+](=O)[O-])c1)NC(C)CC2. The zero-order chi connectivity index (χ0) is 11.0. The van der Waals surface area contributed by atoms with Gasteiger partial charge in [0.15, 0.2) is 0 Å². The van der Waals surface area contributed by atoms with E-state index in [0.29, 0.717) is 11.7 Å². The summed E-state index contributed by atoms with van der Waals surface area (Å²) < 4.78 is 0. The van der Waals surface area contributed by atoms with Crippen molar-refractivity contribution in [3.05, 3.63) is 33.4 Å². The highest BCUT2D eigenvalue weighted by Crippen LogP contribution is 2.34. The monoisotopic (exact) mass is 206 g/mol. The zero-order valence-corrected chi connectivity index (χ0v) is 8.91. The van der Waals surface area contributed by atoms with Crippen molar-refractivity contribution in [1.29, 1.82) is 0 Å². The predicted octanol–water partition coefficient (Wildman–Crippen LogP) is 2.65. The Labute approximate surface area is 88.5 Å². The average molecular weight is 206 g/mol. The van der Waals surface area contributed by atoms with Gasteiger partial charge in [-0.15, -0.1) is 0 Å². The van der Waals surface area contributed by atoms with Crippen molar-refractivity contribution in [3.8, 4) is 0 Å². The van der Waals surface area contributed by atoms with Crippen molar-refractivity contribution >= 4 is 11.4 Å². The van der Waals surface area contributed by atoms with E-state index in [0.717, 1.165) is 24.0 Å². The lowest BCUT2D eigenvalue weighted by molar-refractivity contribution is -0.384. The Bertz CT molecular complexity index is 415. The molecule has 1 unspecified atom stereocenters. The van der Waals surface area contributed by atoms with E-state index in [2.05, 4.69) is 5.32 Å². The third-order valence-electron chi connectivity index (χ3n) is 2.78. The second kappa shape index (κ2) is 3.53. The summed E-state index contributed by atoms with van der Waals surface area (Å²) in [5.41, 5.74) is 2.94. The first-order chi connectivity index (χ1) is 7.08. The number of nitrogens with zero attached hydrogens (tertiary/aromatic N) is 1. The fraction of sp³-hybridized carbons (Fsp3) is 0.455. The van der Waals surface area contributed by atoms with Gasteiger partial charge in [0.05, 0.1) is 4.92 Å². The van der Waals surface area contributed by atoms with Crippen molar-refractivity contribution in [2.24, 2.45) is 0 Å². The summed E-state index contributed by atoms with van der Waals surface area (Å²) in [6.07, 6.45) is 1.96. The quantitative estimate of drug-likeness (QED) is 0.567. The molecule has 0 bridgehead atoms. The third-order valence-corrected chi connectivity index (χ3v) is 2.78. The van der Waals surface area contributed by atoms with Gasteiger partial charge in [-0.3, -0.25) is 10.1 Å². The summed E-state index contributed by atoms with van der Waals surface area (Å²) in [7, 11) is 0. The molecule has 4 heteroatoms. The Kier molecular flexibility index (Phi) is 2.34. The van der Waals surface area contributed by atoms with Gasteiger partial charge in [0.2, 0.25) is 0 Å². The molecular weight excluding hydrogens is 192 g/mol. The molecule has 0 saturated carbocycles. The van der Waals surface area contributed by atoms with Crippen LogP contribution in [-0.4, -0.2) is 11.0 Å². The smallest absolute Gasteiger partial charge is 0.292 e. The molecule has 0 spiro atoms. The number of nitro benzene ring substituents is 1. The summed E-state index contributed by atoms with van der Waals surface area (Å²) in [6, 6.07) is 3.98. The topological polar surface area (TPSA) is 55.2 Å². The van der Waals surface area contributed by atoms with Gasteiger partial charge in [0.1, 0.15) is 5.69 Å². The van der Waals surface area contributed by atoms with E-state index in [1.54, 1.807) is 6.07 Å². The highest BCUT2D eigenvalue weighted by atomic mass is 16.6. The minimum atomic E-state index is -0.309. The summed E-state index contributed by atoms with van der Waals surface area (Å²) in [4.78, 5) is 10.6. The van der Waals surface area contributed by atoms with Crippen LogP contribution >= 0.6 is 0 Å². The predicted molar refractivity (Wildman–Crippen MR) is 59.2 cm³/mol. The van der Waals surface area contributed by atoms with Crippen LogP contribution in [0.4, 0.5) is 11.4 Å². The molecule has 0 amide bonds. The van der Waals surface area contributed by atoms with E-state index in [-0.39, 0.29) is 10.6 Å². The molecule has 0 fully saturated rings. The Morgan fingerprint density at radius 1 is 1.53 bits per heavy atom. The van der Waals surface area contributed by atoms with E-state index < -0.39 is 0 Å². The molecule has 0 saturated heterocycles. The number of benzene rings is 1. The lowest BCUT2D eigenvalue weighted by atomic mass is 9.96. The molecule has 1 aromatic carbocycles. The van der Waals surface area contributed by atoms with Crippen LogP contribution in [0.2, 0.25) is 0 Å². The number of hydrogen-bond donors (Lipinski definition) is 1. The van der Waals surface area contributed by atoms with Crippen molar-refractivity contribution < 1.29 is 4.92 Å². The molecule has 1 atom stereocenters. The summed E-state index contributed by atoms with van der Waals surface area (Å²) in [5, 5.41) is 14.1. The normalized spacial score (nSPS) is 19.2. The molecule has 1 heterocycles. The van der Waals surface area contributed by atoms with E-state index in [4.69, 9.17) is 0 Å². The van der Waals surface area contributed by atoms with Gasteiger partial charge in [0.25, 0.3) is 5.69 Å². The van der Waals surface area contributed by atoms with Crippen LogP contribution in [0.3, 0.4) is 0 Å². The molecule has 1 N–H and O–H groups in total. The van der Waals surface area contributed by atoms with Crippen LogP contribution in [-0.2, 0) is 6.42 Å². The van der Waals surface area contributed by atoms with Gasteiger partial charge >= 0.3 is 0 Å². The maximum atomic E-state index is 10.9. The van der Waals surface area contributed by atoms with Gasteiger partial charge in [-0.1, -0.05) is 6.07 Å². The highest BCUT2D eigenvalue weighted by molar-refractivity contribution is 5.69. The average Bonchev–Trinajstić information content (AvgIpc) is 2.17. The first-order valence-electron chi connectivity index (χ1n) is 5.12. The number of rotatable bonds is 1. The van der Waals surface area contributed by atoms with Crippen molar-refractivity contribution in [2.45, 2.75) is 32.7 Å². The molecule has 1 aliphatic heterocycles.